The second kappa shape index (κ2) is 5.28. The smallest absolute Gasteiger partial charge is 0.0698 e. The molecule has 88 valence electrons. The topological polar surface area (TPSA) is 32.7 Å². The average Bonchev–Trinajstić information content (AvgIpc) is 2.30. The van der Waals surface area contributed by atoms with Gasteiger partial charge in [0.2, 0.25) is 0 Å². The van der Waals surface area contributed by atoms with Gasteiger partial charge in [0.15, 0.2) is 0 Å². The van der Waals surface area contributed by atoms with Crippen molar-refractivity contribution in [2.75, 3.05) is 20.2 Å². The Labute approximate surface area is 92.4 Å². The van der Waals surface area contributed by atoms with Gasteiger partial charge >= 0.3 is 0 Å². The summed E-state index contributed by atoms with van der Waals surface area (Å²) < 4.78 is 5.42. The fourth-order valence-electron chi connectivity index (χ4n) is 2.98. The molecule has 1 saturated heterocycles. The third kappa shape index (κ3) is 2.71. The molecule has 0 spiro atoms. The van der Waals surface area contributed by atoms with Crippen molar-refractivity contribution in [1.82, 2.24) is 4.90 Å². The Morgan fingerprint density at radius 1 is 1.13 bits per heavy atom. The van der Waals surface area contributed by atoms with Crippen LogP contribution in [0.3, 0.4) is 0 Å². The maximum absolute atomic E-state index is 10.00. The summed E-state index contributed by atoms with van der Waals surface area (Å²) in [6, 6.07) is 0.400. The van der Waals surface area contributed by atoms with E-state index in [0.29, 0.717) is 12.1 Å². The van der Waals surface area contributed by atoms with Crippen molar-refractivity contribution in [3.05, 3.63) is 0 Å². The van der Waals surface area contributed by atoms with Crippen LogP contribution in [0.2, 0.25) is 0 Å². The van der Waals surface area contributed by atoms with Gasteiger partial charge in [-0.15, -0.1) is 0 Å². The van der Waals surface area contributed by atoms with Gasteiger partial charge in [-0.05, 0) is 32.2 Å². The average molecular weight is 213 g/mol. The number of methoxy groups -OCH3 is 1. The van der Waals surface area contributed by atoms with Crippen LogP contribution in [0.15, 0.2) is 0 Å². The van der Waals surface area contributed by atoms with Crippen molar-refractivity contribution >= 4 is 0 Å². The lowest BCUT2D eigenvalue weighted by Crippen LogP contribution is -2.51. The normalized spacial score (nSPS) is 39.2. The van der Waals surface area contributed by atoms with E-state index >= 15 is 0 Å². The number of hydrogen-bond donors (Lipinski definition) is 1. The highest BCUT2D eigenvalue weighted by molar-refractivity contribution is 4.86. The van der Waals surface area contributed by atoms with Gasteiger partial charge in [0.1, 0.15) is 0 Å². The molecule has 3 unspecified atom stereocenters. The van der Waals surface area contributed by atoms with E-state index < -0.39 is 0 Å². The molecular weight excluding hydrogens is 190 g/mol. The highest BCUT2D eigenvalue weighted by atomic mass is 16.5. The van der Waals surface area contributed by atoms with Crippen molar-refractivity contribution in [2.24, 2.45) is 0 Å². The second-order valence-corrected chi connectivity index (χ2v) is 4.91. The molecule has 1 N–H and O–H groups in total. The Morgan fingerprint density at radius 2 is 1.93 bits per heavy atom. The zero-order valence-corrected chi connectivity index (χ0v) is 9.69. The van der Waals surface area contributed by atoms with Gasteiger partial charge in [-0.1, -0.05) is 12.8 Å². The lowest BCUT2D eigenvalue weighted by Gasteiger charge is -2.41. The molecule has 0 aromatic carbocycles. The number of likely N-dealkylation sites (tertiary alicyclic amines) is 1. The molecule has 3 nitrogen and oxygen atoms in total. The van der Waals surface area contributed by atoms with Gasteiger partial charge in [0.25, 0.3) is 0 Å². The molecule has 0 radical (unpaired) electrons. The van der Waals surface area contributed by atoms with E-state index in [4.69, 9.17) is 4.74 Å². The summed E-state index contributed by atoms with van der Waals surface area (Å²) in [5.74, 6) is 0. The number of aliphatic hydroxyl groups excluding tert-OH is 1. The zero-order chi connectivity index (χ0) is 10.7. The first kappa shape index (κ1) is 11.4. The van der Waals surface area contributed by atoms with Crippen molar-refractivity contribution in [1.29, 1.82) is 0 Å². The predicted molar refractivity (Wildman–Crippen MR) is 59.9 cm³/mol. The highest BCUT2D eigenvalue weighted by Gasteiger charge is 2.31. The first-order chi connectivity index (χ1) is 7.31. The van der Waals surface area contributed by atoms with Gasteiger partial charge in [-0.3, -0.25) is 4.90 Å². The van der Waals surface area contributed by atoms with Gasteiger partial charge < -0.3 is 9.84 Å². The molecule has 3 heteroatoms. The molecule has 3 atom stereocenters. The molecule has 0 bridgehead atoms. The zero-order valence-electron chi connectivity index (χ0n) is 9.69. The second-order valence-electron chi connectivity index (χ2n) is 4.91. The van der Waals surface area contributed by atoms with Gasteiger partial charge in [-0.25, -0.2) is 0 Å². The maximum Gasteiger partial charge on any atom is 0.0698 e. The highest BCUT2D eigenvalue weighted by Crippen LogP contribution is 2.26. The lowest BCUT2D eigenvalue weighted by atomic mass is 9.90. The van der Waals surface area contributed by atoms with Crippen molar-refractivity contribution < 1.29 is 9.84 Å². The third-order valence-electron chi connectivity index (χ3n) is 3.91. The Bertz CT molecular complexity index is 198. The number of hydrogen-bond acceptors (Lipinski definition) is 3. The van der Waals surface area contributed by atoms with Crippen LogP contribution in [-0.4, -0.2) is 48.5 Å². The number of aliphatic hydroxyl groups is 1. The van der Waals surface area contributed by atoms with Gasteiger partial charge in [0.05, 0.1) is 12.2 Å². The number of nitrogens with zero attached hydrogens (tertiary/aromatic N) is 1. The standard InChI is InChI=1S/C12H23NO2/c1-15-10-5-4-8-13(9-10)11-6-2-3-7-12(11)14/h10-12,14H,2-9H2,1H3. The van der Waals surface area contributed by atoms with E-state index in [1.807, 2.05) is 0 Å². The van der Waals surface area contributed by atoms with E-state index in [1.54, 1.807) is 7.11 Å². The van der Waals surface area contributed by atoms with E-state index in [-0.39, 0.29) is 6.10 Å². The quantitative estimate of drug-likeness (QED) is 0.752. The Kier molecular flexibility index (Phi) is 4.00. The molecule has 0 amide bonds. The molecule has 0 aromatic rings. The van der Waals surface area contributed by atoms with Crippen molar-refractivity contribution in [2.45, 2.75) is 56.8 Å². The number of ether oxygens (including phenoxy) is 1. The minimum atomic E-state index is -0.102. The Hall–Kier alpha value is -0.120. The summed E-state index contributed by atoms with van der Waals surface area (Å²) >= 11 is 0. The van der Waals surface area contributed by atoms with Crippen LogP contribution in [0.5, 0.6) is 0 Å². The molecule has 15 heavy (non-hydrogen) atoms. The summed E-state index contributed by atoms with van der Waals surface area (Å²) in [7, 11) is 1.80. The summed E-state index contributed by atoms with van der Waals surface area (Å²) in [6.45, 7) is 2.15. The minimum absolute atomic E-state index is 0.102. The van der Waals surface area contributed by atoms with Gasteiger partial charge in [0, 0.05) is 19.7 Å². The van der Waals surface area contributed by atoms with Crippen LogP contribution in [0.25, 0.3) is 0 Å². The van der Waals surface area contributed by atoms with Crippen molar-refractivity contribution in [3.8, 4) is 0 Å². The molecule has 1 saturated carbocycles. The summed E-state index contributed by atoms with van der Waals surface area (Å²) in [6.07, 6.45) is 7.28. The van der Waals surface area contributed by atoms with E-state index in [9.17, 15) is 5.11 Å². The molecule has 1 heterocycles. The lowest BCUT2D eigenvalue weighted by molar-refractivity contribution is -0.0329. The first-order valence-corrected chi connectivity index (χ1v) is 6.26. The maximum atomic E-state index is 10.00. The van der Waals surface area contributed by atoms with Crippen LogP contribution >= 0.6 is 0 Å². The van der Waals surface area contributed by atoms with E-state index in [1.165, 1.54) is 25.7 Å². The van der Waals surface area contributed by atoms with Crippen LogP contribution in [0, 0.1) is 0 Å². The minimum Gasteiger partial charge on any atom is -0.391 e. The Balaban J connectivity index is 1.90. The predicted octanol–water partition coefficient (Wildman–Crippen LogP) is 1.40. The van der Waals surface area contributed by atoms with Gasteiger partial charge in [-0.2, -0.15) is 0 Å². The summed E-state index contributed by atoms with van der Waals surface area (Å²) in [4.78, 5) is 2.45. The SMILES string of the molecule is COC1CCCN(C2CCCCC2O)C1. The first-order valence-electron chi connectivity index (χ1n) is 6.26. The largest absolute Gasteiger partial charge is 0.391 e. The van der Waals surface area contributed by atoms with Crippen LogP contribution in [0.4, 0.5) is 0 Å². The molecule has 1 aliphatic carbocycles. The fourth-order valence-corrected chi connectivity index (χ4v) is 2.98. The number of rotatable bonds is 2. The summed E-state index contributed by atoms with van der Waals surface area (Å²) in [5, 5.41) is 10.00. The third-order valence-corrected chi connectivity index (χ3v) is 3.91. The molecular formula is C12H23NO2. The van der Waals surface area contributed by atoms with Crippen LogP contribution in [0.1, 0.15) is 38.5 Å². The summed E-state index contributed by atoms with van der Waals surface area (Å²) in [5.41, 5.74) is 0. The number of piperidine rings is 1. The molecule has 1 aliphatic heterocycles. The molecule has 2 rings (SSSR count). The molecule has 2 aliphatic rings. The fraction of sp³-hybridized carbons (Fsp3) is 1.00. The van der Waals surface area contributed by atoms with Crippen LogP contribution in [-0.2, 0) is 4.74 Å². The van der Waals surface area contributed by atoms with Crippen molar-refractivity contribution in [3.63, 3.8) is 0 Å². The van der Waals surface area contributed by atoms with E-state index in [2.05, 4.69) is 4.90 Å². The molecule has 0 aromatic heterocycles. The monoisotopic (exact) mass is 213 g/mol. The Morgan fingerprint density at radius 3 is 2.67 bits per heavy atom. The molecule has 2 fully saturated rings. The van der Waals surface area contributed by atoms with E-state index in [0.717, 1.165) is 25.9 Å². The van der Waals surface area contributed by atoms with Crippen LogP contribution < -0.4 is 0 Å².